The monoisotopic (exact) mass is 204 g/mol. The van der Waals surface area contributed by atoms with Crippen LogP contribution in [-0.4, -0.2) is 12.9 Å². The third-order valence-electron chi connectivity index (χ3n) is 2.64. The Kier molecular flexibility index (Phi) is 3.89. The van der Waals surface area contributed by atoms with Crippen molar-refractivity contribution in [2.75, 3.05) is 11.9 Å². The van der Waals surface area contributed by atoms with Crippen LogP contribution in [0.5, 0.6) is 0 Å². The van der Waals surface area contributed by atoms with Crippen molar-refractivity contribution in [3.63, 3.8) is 0 Å². The summed E-state index contributed by atoms with van der Waals surface area (Å²) in [5.74, 6) is 0.917. The SMILES string of the molecule is CCc1ccc(N(C)C(=N)C(C)C)cc1. The maximum absolute atomic E-state index is 7.91. The Bertz CT molecular complexity index is 325. The van der Waals surface area contributed by atoms with Gasteiger partial charge in [0.1, 0.15) is 5.84 Å². The van der Waals surface area contributed by atoms with E-state index in [1.165, 1.54) is 5.56 Å². The lowest BCUT2D eigenvalue weighted by atomic mass is 10.1. The molecular weight excluding hydrogens is 184 g/mol. The fourth-order valence-corrected chi connectivity index (χ4v) is 1.48. The number of nitrogens with zero attached hydrogens (tertiary/aromatic N) is 1. The van der Waals surface area contributed by atoms with E-state index in [1.54, 1.807) is 0 Å². The van der Waals surface area contributed by atoms with Crippen molar-refractivity contribution < 1.29 is 0 Å². The second kappa shape index (κ2) is 4.96. The molecule has 0 bridgehead atoms. The lowest BCUT2D eigenvalue weighted by Gasteiger charge is -2.22. The molecule has 0 amide bonds. The van der Waals surface area contributed by atoms with E-state index in [0.29, 0.717) is 5.84 Å². The first-order chi connectivity index (χ1) is 7.06. The highest BCUT2D eigenvalue weighted by molar-refractivity contribution is 5.96. The summed E-state index contributed by atoms with van der Waals surface area (Å²) in [5, 5.41) is 7.91. The normalized spacial score (nSPS) is 10.5. The summed E-state index contributed by atoms with van der Waals surface area (Å²) in [6, 6.07) is 8.41. The molecule has 1 rings (SSSR count). The van der Waals surface area contributed by atoms with E-state index in [1.807, 2.05) is 25.8 Å². The van der Waals surface area contributed by atoms with E-state index >= 15 is 0 Å². The van der Waals surface area contributed by atoms with Gasteiger partial charge in [0.2, 0.25) is 0 Å². The van der Waals surface area contributed by atoms with Crippen LogP contribution < -0.4 is 4.90 Å². The maximum atomic E-state index is 7.91. The van der Waals surface area contributed by atoms with Crippen molar-refractivity contribution >= 4 is 11.5 Å². The molecule has 2 heteroatoms. The van der Waals surface area contributed by atoms with Gasteiger partial charge in [-0.2, -0.15) is 0 Å². The molecule has 1 aromatic carbocycles. The summed E-state index contributed by atoms with van der Waals surface area (Å²) < 4.78 is 0. The summed E-state index contributed by atoms with van der Waals surface area (Å²) in [5.41, 5.74) is 2.43. The minimum atomic E-state index is 0.265. The molecule has 0 aliphatic heterocycles. The fourth-order valence-electron chi connectivity index (χ4n) is 1.48. The predicted molar refractivity (Wildman–Crippen MR) is 66.8 cm³/mol. The zero-order valence-electron chi connectivity index (χ0n) is 10.0. The minimum Gasteiger partial charge on any atom is -0.333 e. The van der Waals surface area contributed by atoms with Crippen LogP contribution in [0.2, 0.25) is 0 Å². The summed E-state index contributed by atoms with van der Waals surface area (Å²) in [7, 11) is 1.95. The average molecular weight is 204 g/mol. The van der Waals surface area contributed by atoms with Crippen LogP contribution in [0.4, 0.5) is 5.69 Å². The number of nitrogens with one attached hydrogen (secondary N) is 1. The lowest BCUT2D eigenvalue weighted by Crippen LogP contribution is -2.29. The molecule has 0 spiro atoms. The molecule has 2 nitrogen and oxygen atoms in total. The van der Waals surface area contributed by atoms with E-state index in [9.17, 15) is 0 Å². The highest BCUT2D eigenvalue weighted by atomic mass is 15.1. The van der Waals surface area contributed by atoms with Gasteiger partial charge in [-0.3, -0.25) is 5.41 Å². The highest BCUT2D eigenvalue weighted by Crippen LogP contribution is 2.16. The van der Waals surface area contributed by atoms with Gasteiger partial charge in [-0.1, -0.05) is 32.9 Å². The van der Waals surface area contributed by atoms with Crippen LogP contribution in [0.1, 0.15) is 26.3 Å². The van der Waals surface area contributed by atoms with Crippen LogP contribution in [0, 0.1) is 11.3 Å². The Labute approximate surface area is 92.4 Å². The minimum absolute atomic E-state index is 0.265. The predicted octanol–water partition coefficient (Wildman–Crippen LogP) is 3.32. The third-order valence-corrected chi connectivity index (χ3v) is 2.64. The van der Waals surface area contributed by atoms with Crippen molar-refractivity contribution in [1.29, 1.82) is 5.41 Å². The first-order valence-electron chi connectivity index (χ1n) is 5.47. The summed E-state index contributed by atoms with van der Waals surface area (Å²) >= 11 is 0. The number of hydrogen-bond donors (Lipinski definition) is 1. The molecular formula is C13H20N2. The van der Waals surface area contributed by atoms with Gasteiger partial charge < -0.3 is 4.90 Å². The number of benzene rings is 1. The van der Waals surface area contributed by atoms with Crippen molar-refractivity contribution in [3.05, 3.63) is 29.8 Å². The molecule has 0 saturated carbocycles. The second-order valence-electron chi connectivity index (χ2n) is 4.12. The Morgan fingerprint density at radius 2 is 1.80 bits per heavy atom. The van der Waals surface area contributed by atoms with Gasteiger partial charge in [0.25, 0.3) is 0 Å². The van der Waals surface area contributed by atoms with Gasteiger partial charge in [-0.25, -0.2) is 0 Å². The smallest absolute Gasteiger partial charge is 0.103 e. The molecule has 15 heavy (non-hydrogen) atoms. The summed E-state index contributed by atoms with van der Waals surface area (Å²) in [4.78, 5) is 1.93. The highest BCUT2D eigenvalue weighted by Gasteiger charge is 2.09. The maximum Gasteiger partial charge on any atom is 0.103 e. The summed E-state index contributed by atoms with van der Waals surface area (Å²) in [6.07, 6.45) is 1.06. The molecule has 0 fully saturated rings. The Hall–Kier alpha value is -1.31. The number of aryl methyl sites for hydroxylation is 1. The molecule has 0 aromatic heterocycles. The van der Waals surface area contributed by atoms with Gasteiger partial charge in [-0.15, -0.1) is 0 Å². The van der Waals surface area contributed by atoms with Crippen LogP contribution in [-0.2, 0) is 6.42 Å². The van der Waals surface area contributed by atoms with Crippen LogP contribution in [0.15, 0.2) is 24.3 Å². The largest absolute Gasteiger partial charge is 0.333 e. The molecule has 0 aliphatic rings. The molecule has 0 unspecified atom stereocenters. The zero-order chi connectivity index (χ0) is 11.4. The van der Waals surface area contributed by atoms with E-state index in [4.69, 9.17) is 5.41 Å². The fraction of sp³-hybridized carbons (Fsp3) is 0.462. The Balaban J connectivity index is 2.82. The van der Waals surface area contributed by atoms with Gasteiger partial charge in [0, 0.05) is 18.7 Å². The number of hydrogen-bond acceptors (Lipinski definition) is 1. The second-order valence-corrected chi connectivity index (χ2v) is 4.12. The zero-order valence-corrected chi connectivity index (χ0v) is 10.0. The molecule has 0 heterocycles. The van der Waals surface area contributed by atoms with Gasteiger partial charge in [0.15, 0.2) is 0 Å². The Morgan fingerprint density at radius 1 is 1.27 bits per heavy atom. The van der Waals surface area contributed by atoms with Crippen molar-refractivity contribution in [2.45, 2.75) is 27.2 Å². The first-order valence-corrected chi connectivity index (χ1v) is 5.47. The standard InChI is InChI=1S/C13H20N2/c1-5-11-6-8-12(9-7-11)15(4)13(14)10(2)3/h6-10,14H,5H2,1-4H3. The van der Waals surface area contributed by atoms with Gasteiger partial charge >= 0.3 is 0 Å². The number of rotatable bonds is 3. The van der Waals surface area contributed by atoms with Crippen molar-refractivity contribution in [3.8, 4) is 0 Å². The lowest BCUT2D eigenvalue weighted by molar-refractivity contribution is 0.849. The topological polar surface area (TPSA) is 27.1 Å². The van der Waals surface area contributed by atoms with Crippen LogP contribution in [0.25, 0.3) is 0 Å². The molecule has 0 saturated heterocycles. The third kappa shape index (κ3) is 2.82. The average Bonchev–Trinajstić information content (AvgIpc) is 2.27. The first kappa shape index (κ1) is 11.8. The van der Waals surface area contributed by atoms with Crippen LogP contribution in [0.3, 0.4) is 0 Å². The van der Waals surface area contributed by atoms with E-state index in [2.05, 4.69) is 31.2 Å². The Morgan fingerprint density at radius 3 is 2.20 bits per heavy atom. The van der Waals surface area contributed by atoms with Gasteiger partial charge in [0.05, 0.1) is 0 Å². The molecule has 0 aliphatic carbocycles. The summed E-state index contributed by atoms with van der Waals surface area (Å²) in [6.45, 7) is 6.23. The van der Waals surface area contributed by atoms with E-state index in [-0.39, 0.29) is 5.92 Å². The van der Waals surface area contributed by atoms with Crippen LogP contribution >= 0.6 is 0 Å². The van der Waals surface area contributed by atoms with E-state index < -0.39 is 0 Å². The van der Waals surface area contributed by atoms with E-state index in [0.717, 1.165) is 12.1 Å². The molecule has 0 atom stereocenters. The molecule has 82 valence electrons. The van der Waals surface area contributed by atoms with Gasteiger partial charge in [-0.05, 0) is 24.1 Å². The molecule has 0 radical (unpaired) electrons. The quantitative estimate of drug-likeness (QED) is 0.593. The number of amidine groups is 1. The number of anilines is 1. The van der Waals surface area contributed by atoms with Crippen molar-refractivity contribution in [2.24, 2.45) is 5.92 Å². The van der Waals surface area contributed by atoms with Crippen molar-refractivity contribution in [1.82, 2.24) is 0 Å². The molecule has 1 aromatic rings. The molecule has 1 N–H and O–H groups in total.